The zero-order valence-electron chi connectivity index (χ0n) is 9.84. The lowest BCUT2D eigenvalue weighted by molar-refractivity contribution is 0.534. The molecule has 0 spiro atoms. The fourth-order valence-electron chi connectivity index (χ4n) is 2.33. The molecule has 0 saturated heterocycles. The van der Waals surface area contributed by atoms with Gasteiger partial charge in [0.2, 0.25) is 0 Å². The Morgan fingerprint density at radius 3 is 3.18 bits per heavy atom. The lowest BCUT2D eigenvalue weighted by atomic mass is 10.2. The predicted molar refractivity (Wildman–Crippen MR) is 64.5 cm³/mol. The van der Waals surface area contributed by atoms with Gasteiger partial charge in [0, 0.05) is 50.7 Å². The number of hydrogen-bond donors (Lipinski definition) is 1. The lowest BCUT2D eigenvalue weighted by Crippen LogP contribution is -2.25. The molecule has 0 saturated carbocycles. The van der Waals surface area contributed by atoms with Crippen molar-refractivity contribution in [3.05, 3.63) is 36.4 Å². The number of nitrogens with one attached hydrogen (secondary N) is 1. The van der Waals surface area contributed by atoms with Gasteiger partial charge in [0.05, 0.1) is 18.3 Å². The van der Waals surface area contributed by atoms with E-state index in [4.69, 9.17) is 0 Å². The molecule has 0 fully saturated rings. The number of hydrogen-bond acceptors (Lipinski definition) is 3. The zero-order valence-corrected chi connectivity index (χ0v) is 9.84. The summed E-state index contributed by atoms with van der Waals surface area (Å²) in [5, 5.41) is 3.34. The van der Waals surface area contributed by atoms with Crippen molar-refractivity contribution in [2.75, 3.05) is 6.54 Å². The molecule has 90 valence electrons. The van der Waals surface area contributed by atoms with E-state index in [9.17, 15) is 0 Å². The highest BCUT2D eigenvalue weighted by atomic mass is 15.1. The Hall–Kier alpha value is -1.62. The number of fused-ring (bicyclic) bond motifs is 1. The van der Waals surface area contributed by atoms with Crippen molar-refractivity contribution in [3.63, 3.8) is 0 Å². The second kappa shape index (κ2) is 4.71. The summed E-state index contributed by atoms with van der Waals surface area (Å²) in [6.45, 7) is 4.05. The van der Waals surface area contributed by atoms with E-state index in [0.29, 0.717) is 0 Å². The van der Waals surface area contributed by atoms with E-state index < -0.39 is 0 Å². The van der Waals surface area contributed by atoms with Gasteiger partial charge in [0.25, 0.3) is 0 Å². The van der Waals surface area contributed by atoms with E-state index in [1.54, 1.807) is 0 Å². The van der Waals surface area contributed by atoms with Crippen molar-refractivity contribution in [2.45, 2.75) is 32.5 Å². The minimum absolute atomic E-state index is 0.920. The fourth-order valence-corrected chi connectivity index (χ4v) is 2.33. The van der Waals surface area contributed by atoms with E-state index in [-0.39, 0.29) is 0 Å². The van der Waals surface area contributed by atoms with Gasteiger partial charge in [-0.1, -0.05) is 0 Å². The summed E-state index contributed by atoms with van der Waals surface area (Å²) in [5.74, 6) is 0. The molecule has 0 unspecified atom stereocenters. The number of nitrogens with zero attached hydrogens (tertiary/aromatic N) is 4. The van der Waals surface area contributed by atoms with Crippen molar-refractivity contribution in [3.8, 4) is 0 Å². The molecule has 0 amide bonds. The molecule has 0 radical (unpaired) electrons. The number of aromatic nitrogens is 4. The summed E-state index contributed by atoms with van der Waals surface area (Å²) < 4.78 is 4.41. The molecule has 3 rings (SSSR count). The molecule has 2 aromatic rings. The van der Waals surface area contributed by atoms with Gasteiger partial charge < -0.3 is 14.5 Å². The van der Waals surface area contributed by atoms with Crippen LogP contribution in [0.2, 0.25) is 0 Å². The second-order valence-corrected chi connectivity index (χ2v) is 4.41. The maximum absolute atomic E-state index is 4.45. The SMILES string of the molecule is c1cn(CCCn2cnc3c2CCNC3)cn1. The first kappa shape index (κ1) is 10.5. The van der Waals surface area contributed by atoms with Crippen LogP contribution in [0.5, 0.6) is 0 Å². The van der Waals surface area contributed by atoms with Crippen LogP contribution in [0.3, 0.4) is 0 Å². The van der Waals surface area contributed by atoms with Crippen LogP contribution in [0, 0.1) is 0 Å². The highest BCUT2D eigenvalue weighted by molar-refractivity contribution is 5.16. The van der Waals surface area contributed by atoms with Gasteiger partial charge in [0.15, 0.2) is 0 Å². The van der Waals surface area contributed by atoms with E-state index >= 15 is 0 Å². The molecule has 2 aromatic heterocycles. The summed E-state index contributed by atoms with van der Waals surface area (Å²) in [5.41, 5.74) is 2.63. The largest absolute Gasteiger partial charge is 0.337 e. The van der Waals surface area contributed by atoms with Gasteiger partial charge in [-0.2, -0.15) is 0 Å². The summed E-state index contributed by atoms with van der Waals surface area (Å²) in [6, 6.07) is 0. The molecule has 17 heavy (non-hydrogen) atoms. The van der Waals surface area contributed by atoms with Gasteiger partial charge in [-0.25, -0.2) is 9.97 Å². The van der Waals surface area contributed by atoms with Crippen LogP contribution < -0.4 is 5.32 Å². The molecular formula is C12H17N5. The van der Waals surface area contributed by atoms with E-state index in [1.165, 1.54) is 11.4 Å². The Kier molecular flexibility index (Phi) is 2.92. The van der Waals surface area contributed by atoms with Gasteiger partial charge in [-0.05, 0) is 6.42 Å². The van der Waals surface area contributed by atoms with Crippen LogP contribution >= 0.6 is 0 Å². The Morgan fingerprint density at radius 2 is 2.29 bits per heavy atom. The van der Waals surface area contributed by atoms with Gasteiger partial charge in [-0.3, -0.25) is 0 Å². The summed E-state index contributed by atoms with van der Waals surface area (Å²) >= 11 is 0. The van der Waals surface area contributed by atoms with Gasteiger partial charge >= 0.3 is 0 Å². The molecule has 1 N–H and O–H groups in total. The topological polar surface area (TPSA) is 47.7 Å². The Labute approximate surface area is 100 Å². The number of imidazole rings is 2. The van der Waals surface area contributed by atoms with Crippen LogP contribution in [-0.2, 0) is 26.1 Å². The third-order valence-corrected chi connectivity index (χ3v) is 3.24. The first-order chi connectivity index (χ1) is 8.43. The lowest BCUT2D eigenvalue weighted by Gasteiger charge is -2.15. The smallest absolute Gasteiger partial charge is 0.0952 e. The van der Waals surface area contributed by atoms with Crippen molar-refractivity contribution in [1.29, 1.82) is 0 Å². The first-order valence-electron chi connectivity index (χ1n) is 6.13. The third kappa shape index (κ3) is 2.24. The van der Waals surface area contributed by atoms with E-state index in [0.717, 1.165) is 39.0 Å². The molecule has 0 aromatic carbocycles. The van der Waals surface area contributed by atoms with Crippen molar-refractivity contribution in [2.24, 2.45) is 0 Å². The quantitative estimate of drug-likeness (QED) is 0.847. The summed E-state index contributed by atoms with van der Waals surface area (Å²) in [6.07, 6.45) is 9.89. The Morgan fingerprint density at radius 1 is 1.29 bits per heavy atom. The predicted octanol–water partition coefficient (Wildman–Crippen LogP) is 0.816. The van der Waals surface area contributed by atoms with Crippen LogP contribution in [-0.4, -0.2) is 25.6 Å². The van der Waals surface area contributed by atoms with Crippen LogP contribution in [0.15, 0.2) is 25.0 Å². The minimum atomic E-state index is 0.920. The molecule has 3 heterocycles. The van der Waals surface area contributed by atoms with Crippen LogP contribution in [0.4, 0.5) is 0 Å². The fraction of sp³-hybridized carbons (Fsp3) is 0.500. The van der Waals surface area contributed by atoms with Crippen molar-refractivity contribution >= 4 is 0 Å². The minimum Gasteiger partial charge on any atom is -0.337 e. The molecule has 1 aliphatic heterocycles. The number of rotatable bonds is 4. The van der Waals surface area contributed by atoms with Gasteiger partial charge in [-0.15, -0.1) is 0 Å². The average molecular weight is 231 g/mol. The molecule has 1 aliphatic rings. The molecule has 0 bridgehead atoms. The molecule has 5 heteroatoms. The first-order valence-corrected chi connectivity index (χ1v) is 6.13. The highest BCUT2D eigenvalue weighted by Crippen LogP contribution is 2.12. The second-order valence-electron chi connectivity index (χ2n) is 4.41. The molecular weight excluding hydrogens is 214 g/mol. The van der Waals surface area contributed by atoms with Crippen LogP contribution in [0.25, 0.3) is 0 Å². The normalized spacial score (nSPS) is 14.8. The monoisotopic (exact) mass is 231 g/mol. The van der Waals surface area contributed by atoms with Crippen molar-refractivity contribution < 1.29 is 0 Å². The molecule has 0 atom stereocenters. The van der Waals surface area contributed by atoms with Gasteiger partial charge in [0.1, 0.15) is 0 Å². The van der Waals surface area contributed by atoms with E-state index in [2.05, 4.69) is 24.4 Å². The number of aryl methyl sites for hydroxylation is 2. The highest BCUT2D eigenvalue weighted by Gasteiger charge is 2.13. The van der Waals surface area contributed by atoms with Crippen molar-refractivity contribution in [1.82, 2.24) is 24.4 Å². The summed E-state index contributed by atoms with van der Waals surface area (Å²) in [4.78, 5) is 8.50. The third-order valence-electron chi connectivity index (χ3n) is 3.24. The average Bonchev–Trinajstić information content (AvgIpc) is 2.99. The maximum atomic E-state index is 4.45. The maximum Gasteiger partial charge on any atom is 0.0952 e. The standard InChI is InChI=1S/C12H17N5/c1(5-16-7-4-14-9-16)6-17-10-15-11-8-13-3-2-12(11)17/h4,7,9-10,13H,1-3,5-6,8H2. The Balaban J connectivity index is 1.60. The molecule has 5 nitrogen and oxygen atoms in total. The Bertz CT molecular complexity index is 471. The van der Waals surface area contributed by atoms with E-state index in [1.807, 2.05) is 25.0 Å². The summed E-state index contributed by atoms with van der Waals surface area (Å²) in [7, 11) is 0. The molecule has 0 aliphatic carbocycles. The zero-order chi connectivity index (χ0) is 11.5. The van der Waals surface area contributed by atoms with Crippen LogP contribution in [0.1, 0.15) is 17.8 Å².